The molecule has 0 saturated heterocycles. The van der Waals surface area contributed by atoms with E-state index in [2.05, 4.69) is 32.6 Å². The van der Waals surface area contributed by atoms with Crippen molar-refractivity contribution in [2.24, 2.45) is 0 Å². The summed E-state index contributed by atoms with van der Waals surface area (Å²) in [6.45, 7) is 5.75. The standard InChI is InChI=1S/C14H16BrNO3S/c1-9(15)8-16-13(17)11-6-4-5-7-12(11)20-10(2)14(18)19-3/h4-7,10H,1,8H2,2-3H3,(H,16,17). The van der Waals surface area contributed by atoms with E-state index in [1.54, 1.807) is 19.1 Å². The summed E-state index contributed by atoms with van der Waals surface area (Å²) in [6, 6.07) is 7.14. The molecular weight excluding hydrogens is 342 g/mol. The molecule has 0 saturated carbocycles. The summed E-state index contributed by atoms with van der Waals surface area (Å²) in [5.41, 5.74) is 0.530. The van der Waals surface area contributed by atoms with Crippen molar-refractivity contribution in [2.75, 3.05) is 13.7 Å². The van der Waals surface area contributed by atoms with Crippen LogP contribution < -0.4 is 5.32 Å². The highest BCUT2D eigenvalue weighted by molar-refractivity contribution is 9.11. The van der Waals surface area contributed by atoms with Gasteiger partial charge in [0.05, 0.1) is 12.7 Å². The average Bonchev–Trinajstić information content (AvgIpc) is 2.44. The molecule has 0 bridgehead atoms. The average molecular weight is 358 g/mol. The van der Waals surface area contributed by atoms with Crippen LogP contribution in [0.5, 0.6) is 0 Å². The molecule has 0 aliphatic carbocycles. The van der Waals surface area contributed by atoms with E-state index in [4.69, 9.17) is 0 Å². The van der Waals surface area contributed by atoms with Crippen molar-refractivity contribution in [3.05, 3.63) is 40.9 Å². The Morgan fingerprint density at radius 2 is 2.10 bits per heavy atom. The number of esters is 1. The van der Waals surface area contributed by atoms with Gasteiger partial charge in [-0.25, -0.2) is 0 Å². The summed E-state index contributed by atoms with van der Waals surface area (Å²) >= 11 is 4.48. The van der Waals surface area contributed by atoms with E-state index in [0.29, 0.717) is 16.6 Å². The van der Waals surface area contributed by atoms with E-state index >= 15 is 0 Å². The van der Waals surface area contributed by atoms with Gasteiger partial charge in [-0.15, -0.1) is 11.8 Å². The maximum absolute atomic E-state index is 12.1. The Bertz CT molecular complexity index is 519. The van der Waals surface area contributed by atoms with E-state index in [0.717, 1.165) is 4.90 Å². The van der Waals surface area contributed by atoms with Crippen molar-refractivity contribution in [3.8, 4) is 0 Å². The molecule has 0 aliphatic heterocycles. The molecule has 108 valence electrons. The largest absolute Gasteiger partial charge is 0.468 e. The van der Waals surface area contributed by atoms with Gasteiger partial charge in [0.1, 0.15) is 5.25 Å². The third-order valence-electron chi connectivity index (χ3n) is 2.41. The quantitative estimate of drug-likeness (QED) is 0.628. The molecule has 6 heteroatoms. The molecule has 0 radical (unpaired) electrons. The van der Waals surface area contributed by atoms with Crippen molar-refractivity contribution in [1.82, 2.24) is 5.32 Å². The molecule has 0 fully saturated rings. The molecule has 1 rings (SSSR count). The lowest BCUT2D eigenvalue weighted by atomic mass is 10.2. The first kappa shape index (κ1) is 16.8. The van der Waals surface area contributed by atoms with Gasteiger partial charge < -0.3 is 10.1 Å². The summed E-state index contributed by atoms with van der Waals surface area (Å²) in [5, 5.41) is 2.37. The second-order valence-corrected chi connectivity index (χ2v) is 6.48. The number of carbonyl (C=O) groups excluding carboxylic acids is 2. The number of hydrogen-bond donors (Lipinski definition) is 1. The fourth-order valence-corrected chi connectivity index (χ4v) is 2.59. The number of methoxy groups -OCH3 is 1. The van der Waals surface area contributed by atoms with E-state index in [1.807, 2.05) is 12.1 Å². The van der Waals surface area contributed by atoms with Gasteiger partial charge in [-0.3, -0.25) is 9.59 Å². The summed E-state index contributed by atoms with van der Waals surface area (Å²) in [7, 11) is 1.35. The predicted molar refractivity (Wildman–Crippen MR) is 84.2 cm³/mol. The molecule has 4 nitrogen and oxygen atoms in total. The van der Waals surface area contributed by atoms with Gasteiger partial charge in [0.25, 0.3) is 5.91 Å². The third-order valence-corrected chi connectivity index (χ3v) is 3.85. The Morgan fingerprint density at radius 1 is 1.45 bits per heavy atom. The number of thioether (sulfide) groups is 1. The van der Waals surface area contributed by atoms with Crippen LogP contribution in [0.25, 0.3) is 0 Å². The molecule has 20 heavy (non-hydrogen) atoms. The van der Waals surface area contributed by atoms with Crippen molar-refractivity contribution in [3.63, 3.8) is 0 Å². The number of hydrogen-bond acceptors (Lipinski definition) is 4. The highest BCUT2D eigenvalue weighted by Gasteiger charge is 2.18. The van der Waals surface area contributed by atoms with E-state index in [-0.39, 0.29) is 17.1 Å². The Balaban J connectivity index is 2.85. The van der Waals surface area contributed by atoms with Crippen molar-refractivity contribution in [2.45, 2.75) is 17.1 Å². The smallest absolute Gasteiger partial charge is 0.318 e. The maximum Gasteiger partial charge on any atom is 0.318 e. The zero-order valence-electron chi connectivity index (χ0n) is 11.3. The number of nitrogens with one attached hydrogen (secondary N) is 1. The zero-order valence-corrected chi connectivity index (χ0v) is 13.7. The molecular formula is C14H16BrNO3S. The summed E-state index contributed by atoms with van der Waals surface area (Å²) in [5.74, 6) is -0.523. The molecule has 1 amide bonds. The Hall–Kier alpha value is -1.27. The van der Waals surface area contributed by atoms with Gasteiger partial charge in [0.15, 0.2) is 0 Å². The molecule has 0 aromatic heterocycles. The van der Waals surface area contributed by atoms with Crippen LogP contribution >= 0.6 is 27.7 Å². The molecule has 1 aromatic rings. The minimum Gasteiger partial charge on any atom is -0.468 e. The highest BCUT2D eigenvalue weighted by Crippen LogP contribution is 2.27. The summed E-state index contributed by atoms with van der Waals surface area (Å²) < 4.78 is 5.38. The van der Waals surface area contributed by atoms with Crippen LogP contribution in [-0.2, 0) is 9.53 Å². The summed E-state index contributed by atoms with van der Waals surface area (Å²) in [4.78, 5) is 24.3. The van der Waals surface area contributed by atoms with Crippen LogP contribution in [-0.4, -0.2) is 30.8 Å². The lowest BCUT2D eigenvalue weighted by Crippen LogP contribution is -2.25. The number of ether oxygens (including phenoxy) is 1. The molecule has 1 unspecified atom stereocenters. The molecule has 0 aliphatic rings. The lowest BCUT2D eigenvalue weighted by Gasteiger charge is -2.12. The second kappa shape index (κ2) is 8.11. The molecule has 0 spiro atoms. The minimum atomic E-state index is -0.375. The Morgan fingerprint density at radius 3 is 2.70 bits per heavy atom. The van der Waals surface area contributed by atoms with Crippen LogP contribution in [0.4, 0.5) is 0 Å². The van der Waals surface area contributed by atoms with Crippen molar-refractivity contribution in [1.29, 1.82) is 0 Å². The second-order valence-electron chi connectivity index (χ2n) is 3.98. The van der Waals surface area contributed by atoms with Gasteiger partial charge in [-0.2, -0.15) is 0 Å². The first-order valence-electron chi connectivity index (χ1n) is 5.90. The Labute approximate surface area is 131 Å². The van der Waals surface area contributed by atoms with Crippen LogP contribution in [0.3, 0.4) is 0 Å². The fourth-order valence-electron chi connectivity index (χ4n) is 1.43. The highest BCUT2D eigenvalue weighted by atomic mass is 79.9. The normalized spacial score (nSPS) is 11.6. The van der Waals surface area contributed by atoms with Gasteiger partial charge in [0.2, 0.25) is 0 Å². The number of halogens is 1. The maximum atomic E-state index is 12.1. The van der Waals surface area contributed by atoms with Crippen molar-refractivity contribution >= 4 is 39.6 Å². The number of benzene rings is 1. The number of rotatable bonds is 6. The van der Waals surface area contributed by atoms with E-state index < -0.39 is 0 Å². The predicted octanol–water partition coefficient (Wildman–Crippen LogP) is 2.98. The molecule has 1 aromatic carbocycles. The summed E-state index contributed by atoms with van der Waals surface area (Å²) in [6.07, 6.45) is 0. The first-order valence-corrected chi connectivity index (χ1v) is 7.58. The van der Waals surface area contributed by atoms with E-state index in [1.165, 1.54) is 18.9 Å². The van der Waals surface area contributed by atoms with E-state index in [9.17, 15) is 9.59 Å². The fraction of sp³-hybridized carbons (Fsp3) is 0.286. The van der Waals surface area contributed by atoms with Crippen LogP contribution in [0, 0.1) is 0 Å². The van der Waals surface area contributed by atoms with Gasteiger partial charge in [0, 0.05) is 15.9 Å². The topological polar surface area (TPSA) is 55.4 Å². The monoisotopic (exact) mass is 357 g/mol. The Kier molecular flexibility index (Phi) is 6.81. The van der Waals surface area contributed by atoms with Crippen LogP contribution in [0.1, 0.15) is 17.3 Å². The van der Waals surface area contributed by atoms with Gasteiger partial charge in [-0.1, -0.05) is 34.6 Å². The van der Waals surface area contributed by atoms with Crippen LogP contribution in [0.2, 0.25) is 0 Å². The SMILES string of the molecule is C=C(Br)CNC(=O)c1ccccc1SC(C)C(=O)OC. The third kappa shape index (κ3) is 5.02. The van der Waals surface area contributed by atoms with Crippen LogP contribution in [0.15, 0.2) is 40.2 Å². The zero-order chi connectivity index (χ0) is 15.1. The van der Waals surface area contributed by atoms with Gasteiger partial charge in [-0.05, 0) is 19.1 Å². The first-order chi connectivity index (χ1) is 9.45. The van der Waals surface area contributed by atoms with Crippen molar-refractivity contribution < 1.29 is 14.3 Å². The molecule has 1 N–H and O–H groups in total. The molecule has 0 heterocycles. The number of amides is 1. The van der Waals surface area contributed by atoms with Gasteiger partial charge >= 0.3 is 5.97 Å². The minimum absolute atomic E-state index is 0.203. The number of carbonyl (C=O) groups is 2. The molecule has 1 atom stereocenters. The lowest BCUT2D eigenvalue weighted by molar-refractivity contribution is -0.139.